The minimum absolute atomic E-state index is 0.206. The first-order chi connectivity index (χ1) is 12.9. The van der Waals surface area contributed by atoms with Crippen LogP contribution in [0, 0.1) is 0 Å². The Hall–Kier alpha value is -2.26. The molecule has 16 heteroatoms. The number of hydrazine groups is 1. The van der Waals surface area contributed by atoms with E-state index in [-0.39, 0.29) is 6.07 Å². The summed E-state index contributed by atoms with van der Waals surface area (Å²) in [7, 11) is 0.739. The molecule has 0 aliphatic rings. The van der Waals surface area contributed by atoms with Crippen LogP contribution in [0.1, 0.15) is 11.1 Å². The summed E-state index contributed by atoms with van der Waals surface area (Å²) in [5, 5.41) is 0. The molecule has 1 aromatic rings. The highest BCUT2D eigenvalue weighted by atomic mass is 79.9. The number of nitrogens with one attached hydrogen (secondary N) is 2. The van der Waals surface area contributed by atoms with Crippen LogP contribution in [-0.4, -0.2) is 31.3 Å². The Morgan fingerprint density at radius 1 is 0.931 bits per heavy atom. The van der Waals surface area contributed by atoms with Crippen molar-refractivity contribution in [2.24, 2.45) is 0 Å². The topological polar surface area (TPSA) is 67.4 Å². The zero-order chi connectivity index (χ0) is 23.0. The highest BCUT2D eigenvalue weighted by Crippen LogP contribution is 2.55. The molecule has 0 fully saturated rings. The summed E-state index contributed by atoms with van der Waals surface area (Å²) >= 11 is 2.29. The molecule has 0 saturated heterocycles. The van der Waals surface area contributed by atoms with Crippen molar-refractivity contribution in [2.45, 2.75) is 24.2 Å². The molecule has 0 aliphatic heterocycles. The fraction of sp³-hybridized carbons (Fsp3) is 0.385. The molecule has 0 atom stereocenters. The van der Waals surface area contributed by atoms with Crippen molar-refractivity contribution in [3.05, 3.63) is 27.7 Å². The average molecular weight is 509 g/mol. The van der Waals surface area contributed by atoms with Crippen molar-refractivity contribution < 1.29 is 58.2 Å². The fourth-order valence-electron chi connectivity index (χ4n) is 1.91. The summed E-state index contributed by atoms with van der Waals surface area (Å²) < 4.78 is 133. The van der Waals surface area contributed by atoms with E-state index in [1.807, 2.05) is 0 Å². The van der Waals surface area contributed by atoms with Gasteiger partial charge < -0.3 is 4.74 Å². The van der Waals surface area contributed by atoms with Crippen LogP contribution in [-0.2, 0) is 26.2 Å². The Morgan fingerprint density at radius 2 is 1.41 bits per heavy atom. The molecule has 29 heavy (non-hydrogen) atoms. The third-order valence-corrected chi connectivity index (χ3v) is 3.87. The Balaban J connectivity index is 3.64. The minimum atomic E-state index is -6.65. The van der Waals surface area contributed by atoms with E-state index >= 15 is 0 Å². The van der Waals surface area contributed by atoms with Gasteiger partial charge >= 0.3 is 36.1 Å². The van der Waals surface area contributed by atoms with Gasteiger partial charge in [0.05, 0.1) is 18.4 Å². The van der Waals surface area contributed by atoms with Crippen LogP contribution in [0.15, 0.2) is 16.6 Å². The number of amides is 1. The number of halogens is 11. The van der Waals surface area contributed by atoms with Crippen LogP contribution < -0.4 is 10.9 Å². The molecule has 164 valence electrons. The Labute approximate surface area is 162 Å². The van der Waals surface area contributed by atoms with Gasteiger partial charge in [-0.05, 0) is 28.1 Å². The average Bonchev–Trinajstić information content (AvgIpc) is 2.55. The maximum absolute atomic E-state index is 14.1. The molecule has 5 nitrogen and oxygen atoms in total. The number of carbonyl (C=O) groups excluding carboxylic acids is 2. The Bertz CT molecular complexity index is 790. The second-order valence-electron chi connectivity index (χ2n) is 5.10. The van der Waals surface area contributed by atoms with Crippen molar-refractivity contribution in [3.8, 4) is 0 Å². The molecule has 0 unspecified atom stereocenters. The molecule has 1 aromatic carbocycles. The Kier molecular flexibility index (Phi) is 6.72. The number of anilines is 1. The first-order valence-electron chi connectivity index (χ1n) is 6.75. The van der Waals surface area contributed by atoms with Gasteiger partial charge in [0.15, 0.2) is 0 Å². The number of ether oxygens (including phenoxy) is 1. The van der Waals surface area contributed by atoms with Crippen molar-refractivity contribution in [1.82, 2.24) is 5.43 Å². The number of rotatable bonds is 3. The molecule has 1 rings (SSSR count). The third kappa shape index (κ3) is 4.84. The van der Waals surface area contributed by atoms with Gasteiger partial charge in [0, 0.05) is 10.0 Å². The lowest BCUT2D eigenvalue weighted by Gasteiger charge is -2.31. The molecule has 0 bridgehead atoms. The van der Waals surface area contributed by atoms with Gasteiger partial charge in [0.25, 0.3) is 0 Å². The molecule has 0 saturated carbocycles. The number of methoxy groups -OCH3 is 1. The molecule has 0 spiro atoms. The van der Waals surface area contributed by atoms with Gasteiger partial charge in [0.1, 0.15) is 0 Å². The lowest BCUT2D eigenvalue weighted by atomic mass is 9.92. The fourth-order valence-corrected chi connectivity index (χ4v) is 2.47. The van der Waals surface area contributed by atoms with E-state index < -0.39 is 63.4 Å². The van der Waals surface area contributed by atoms with Gasteiger partial charge in [-0.15, -0.1) is 0 Å². The van der Waals surface area contributed by atoms with Gasteiger partial charge in [0.2, 0.25) is 0 Å². The van der Waals surface area contributed by atoms with Crippen LogP contribution >= 0.6 is 15.9 Å². The highest BCUT2D eigenvalue weighted by molar-refractivity contribution is 9.10. The standard InChI is InChI=1S/C13H7BrF10N2O3/c1-29-9(28)8(27)26-25-7-5(11(16,17)18)2-4(3-6(7)14)10(15,12(19,20)21)13(22,23)24/h2-3,25H,1H3,(H,26,27). The smallest absolute Gasteiger partial charge is 0.435 e. The lowest BCUT2D eigenvalue weighted by Crippen LogP contribution is -2.50. The maximum atomic E-state index is 14.1. The first-order valence-corrected chi connectivity index (χ1v) is 7.55. The second-order valence-corrected chi connectivity index (χ2v) is 5.96. The Morgan fingerprint density at radius 3 is 1.79 bits per heavy atom. The van der Waals surface area contributed by atoms with Gasteiger partial charge in [-0.1, -0.05) is 0 Å². The molecule has 0 aliphatic carbocycles. The number of hydrogen-bond acceptors (Lipinski definition) is 4. The second kappa shape index (κ2) is 7.87. The van der Waals surface area contributed by atoms with E-state index in [1.54, 1.807) is 0 Å². The van der Waals surface area contributed by atoms with Crippen LogP contribution in [0.5, 0.6) is 0 Å². The SMILES string of the molecule is COC(=O)C(=O)NNc1c(Br)cc(C(F)(C(F)(F)F)C(F)(F)F)cc1C(F)(F)F. The summed E-state index contributed by atoms with van der Waals surface area (Å²) in [6.45, 7) is 0. The number of carbonyl (C=O) groups is 2. The van der Waals surface area contributed by atoms with Crippen LogP contribution in [0.25, 0.3) is 0 Å². The number of benzene rings is 1. The lowest BCUT2D eigenvalue weighted by molar-refractivity contribution is -0.348. The summed E-state index contributed by atoms with van der Waals surface area (Å²) in [5.74, 6) is -3.24. The zero-order valence-electron chi connectivity index (χ0n) is 13.5. The molecule has 0 radical (unpaired) electrons. The number of esters is 1. The number of hydrogen-bond donors (Lipinski definition) is 2. The van der Waals surface area contributed by atoms with Gasteiger partial charge in [-0.25, -0.2) is 9.18 Å². The summed E-state index contributed by atoms with van der Waals surface area (Å²) in [4.78, 5) is 22.1. The van der Waals surface area contributed by atoms with E-state index in [4.69, 9.17) is 0 Å². The monoisotopic (exact) mass is 508 g/mol. The van der Waals surface area contributed by atoms with E-state index in [9.17, 15) is 53.5 Å². The van der Waals surface area contributed by atoms with E-state index in [0.29, 0.717) is 0 Å². The quantitative estimate of drug-likeness (QED) is 0.275. The van der Waals surface area contributed by atoms with E-state index in [0.717, 1.165) is 7.11 Å². The van der Waals surface area contributed by atoms with Gasteiger partial charge in [-0.2, -0.15) is 39.5 Å². The molecule has 0 heterocycles. The molecule has 1 amide bonds. The van der Waals surface area contributed by atoms with Crippen molar-refractivity contribution in [3.63, 3.8) is 0 Å². The highest BCUT2D eigenvalue weighted by Gasteiger charge is 2.73. The van der Waals surface area contributed by atoms with Crippen LogP contribution in [0.2, 0.25) is 0 Å². The predicted molar refractivity (Wildman–Crippen MR) is 77.8 cm³/mol. The third-order valence-electron chi connectivity index (χ3n) is 3.25. The van der Waals surface area contributed by atoms with E-state index in [2.05, 4.69) is 20.7 Å². The van der Waals surface area contributed by atoms with Gasteiger partial charge in [-0.3, -0.25) is 15.6 Å². The molecule has 2 N–H and O–H groups in total. The summed E-state index contributed by atoms with van der Waals surface area (Å²) in [6, 6.07) is -0.929. The molecular weight excluding hydrogens is 502 g/mol. The normalized spacial score (nSPS) is 13.1. The zero-order valence-corrected chi connectivity index (χ0v) is 15.1. The van der Waals surface area contributed by atoms with E-state index in [1.165, 1.54) is 10.9 Å². The van der Waals surface area contributed by atoms with Crippen molar-refractivity contribution in [2.75, 3.05) is 12.5 Å². The molecule has 0 aromatic heterocycles. The minimum Gasteiger partial charge on any atom is -0.462 e. The number of alkyl halides is 10. The van der Waals surface area contributed by atoms with Crippen molar-refractivity contribution >= 4 is 33.5 Å². The maximum Gasteiger partial charge on any atom is 0.435 e. The largest absolute Gasteiger partial charge is 0.462 e. The summed E-state index contributed by atoms with van der Waals surface area (Å²) in [6.07, 6.45) is -18.9. The van der Waals surface area contributed by atoms with Crippen LogP contribution in [0.3, 0.4) is 0 Å². The summed E-state index contributed by atoms with van der Waals surface area (Å²) in [5.41, 5.74) is -9.15. The predicted octanol–water partition coefficient (Wildman–Crippen LogP) is 4.37. The first kappa shape index (κ1) is 24.8. The molecular formula is C13H7BrF10N2O3. The van der Waals surface area contributed by atoms with Crippen LogP contribution in [0.4, 0.5) is 49.6 Å². The van der Waals surface area contributed by atoms with Crippen molar-refractivity contribution in [1.29, 1.82) is 0 Å².